The Morgan fingerprint density at radius 1 is 1.10 bits per heavy atom. The number of phenols is 2. The van der Waals surface area contributed by atoms with Crippen LogP contribution < -0.4 is 0 Å². The summed E-state index contributed by atoms with van der Waals surface area (Å²) in [7, 11) is 0. The van der Waals surface area contributed by atoms with Gasteiger partial charge >= 0.3 is 0 Å². The zero-order chi connectivity index (χ0) is 14.1. The second-order valence-electron chi connectivity index (χ2n) is 5.82. The van der Waals surface area contributed by atoms with E-state index >= 15 is 0 Å². The van der Waals surface area contributed by atoms with Crippen LogP contribution in [0.5, 0.6) is 11.5 Å². The molecule has 1 aliphatic heterocycles. The van der Waals surface area contributed by atoms with Crippen molar-refractivity contribution in [3.63, 3.8) is 0 Å². The summed E-state index contributed by atoms with van der Waals surface area (Å²) in [4.78, 5) is 2.50. The molecule has 106 valence electrons. The van der Waals surface area contributed by atoms with Gasteiger partial charge in [-0.05, 0) is 60.3 Å². The second kappa shape index (κ2) is 5.33. The predicted molar refractivity (Wildman–Crippen MR) is 81.4 cm³/mol. The Balaban J connectivity index is 1.95. The third-order valence-electron chi connectivity index (χ3n) is 4.27. The largest absolute Gasteiger partial charge is 0.504 e. The highest BCUT2D eigenvalue weighted by molar-refractivity contribution is 5.89. The highest BCUT2D eigenvalue weighted by Gasteiger charge is 2.17. The van der Waals surface area contributed by atoms with Crippen LogP contribution in [0.15, 0.2) is 30.3 Å². The molecule has 3 nitrogen and oxygen atoms in total. The molecule has 0 aromatic heterocycles. The third-order valence-corrected chi connectivity index (χ3v) is 4.27. The van der Waals surface area contributed by atoms with Gasteiger partial charge in [-0.2, -0.15) is 0 Å². The third kappa shape index (κ3) is 2.46. The molecule has 0 amide bonds. The van der Waals surface area contributed by atoms with Crippen LogP contribution in [0.4, 0.5) is 0 Å². The predicted octanol–water partition coefficient (Wildman–Crippen LogP) is 3.45. The van der Waals surface area contributed by atoms with E-state index in [9.17, 15) is 10.2 Å². The molecule has 3 rings (SSSR count). The Bertz CT molecular complexity index is 618. The molecule has 1 heterocycles. The van der Waals surface area contributed by atoms with Gasteiger partial charge < -0.3 is 15.1 Å². The summed E-state index contributed by atoms with van der Waals surface area (Å²) in [5.41, 5.74) is 1.24. The molecule has 0 spiro atoms. The van der Waals surface area contributed by atoms with Crippen molar-refractivity contribution < 1.29 is 10.2 Å². The van der Waals surface area contributed by atoms with E-state index in [1.807, 2.05) is 12.1 Å². The lowest BCUT2D eigenvalue weighted by Gasteiger charge is -2.21. The minimum atomic E-state index is -0.0538. The second-order valence-corrected chi connectivity index (χ2v) is 5.82. The number of rotatable bonds is 3. The number of fused-ring (bicyclic) bond motifs is 1. The number of hydrogen-bond donors (Lipinski definition) is 2. The van der Waals surface area contributed by atoms with Crippen molar-refractivity contribution in [3.05, 3.63) is 35.9 Å². The van der Waals surface area contributed by atoms with Crippen LogP contribution in [0.25, 0.3) is 10.8 Å². The molecule has 1 atom stereocenters. The molecule has 1 unspecified atom stereocenters. The molecule has 20 heavy (non-hydrogen) atoms. The van der Waals surface area contributed by atoms with Crippen molar-refractivity contribution in [2.75, 3.05) is 19.6 Å². The first kappa shape index (κ1) is 13.3. The van der Waals surface area contributed by atoms with E-state index < -0.39 is 0 Å². The van der Waals surface area contributed by atoms with E-state index in [1.54, 1.807) is 12.1 Å². The summed E-state index contributed by atoms with van der Waals surface area (Å²) in [6.45, 7) is 5.68. The summed E-state index contributed by atoms with van der Waals surface area (Å²) < 4.78 is 0. The Hall–Kier alpha value is -1.74. The van der Waals surface area contributed by atoms with Gasteiger partial charge in [0.25, 0.3) is 0 Å². The maximum atomic E-state index is 9.75. The van der Waals surface area contributed by atoms with Gasteiger partial charge in [0.1, 0.15) is 0 Å². The van der Waals surface area contributed by atoms with Crippen LogP contribution >= 0.6 is 0 Å². The topological polar surface area (TPSA) is 43.7 Å². The average Bonchev–Trinajstić information content (AvgIpc) is 2.92. The fraction of sp³-hybridized carbons (Fsp3) is 0.412. The van der Waals surface area contributed by atoms with E-state index in [0.29, 0.717) is 5.92 Å². The van der Waals surface area contributed by atoms with Crippen LogP contribution in [0, 0.1) is 0 Å². The van der Waals surface area contributed by atoms with Crippen LogP contribution in [0.3, 0.4) is 0 Å². The smallest absolute Gasteiger partial charge is 0.158 e. The monoisotopic (exact) mass is 271 g/mol. The fourth-order valence-electron chi connectivity index (χ4n) is 3.21. The molecule has 1 saturated heterocycles. The molecule has 3 heteroatoms. The van der Waals surface area contributed by atoms with Crippen molar-refractivity contribution in [1.29, 1.82) is 0 Å². The fourth-order valence-corrected chi connectivity index (χ4v) is 3.21. The Kier molecular flexibility index (Phi) is 3.53. The van der Waals surface area contributed by atoms with Gasteiger partial charge in [-0.15, -0.1) is 0 Å². The van der Waals surface area contributed by atoms with Gasteiger partial charge in [0, 0.05) is 6.54 Å². The average molecular weight is 271 g/mol. The number of likely N-dealkylation sites (tertiary alicyclic amines) is 1. The number of nitrogens with zero attached hydrogens (tertiary/aromatic N) is 1. The molecule has 0 aliphatic carbocycles. The van der Waals surface area contributed by atoms with Gasteiger partial charge in [-0.25, -0.2) is 0 Å². The van der Waals surface area contributed by atoms with Crippen molar-refractivity contribution in [2.45, 2.75) is 25.7 Å². The van der Waals surface area contributed by atoms with Gasteiger partial charge in [0.2, 0.25) is 0 Å². The summed E-state index contributed by atoms with van der Waals surface area (Å²) in [5, 5.41) is 21.4. The lowest BCUT2D eigenvalue weighted by Crippen LogP contribution is -2.24. The van der Waals surface area contributed by atoms with Gasteiger partial charge in [0.05, 0.1) is 0 Å². The molecule has 1 fully saturated rings. The van der Waals surface area contributed by atoms with E-state index in [2.05, 4.69) is 17.9 Å². The minimum Gasteiger partial charge on any atom is -0.504 e. The Morgan fingerprint density at radius 2 is 1.80 bits per heavy atom. The highest BCUT2D eigenvalue weighted by atomic mass is 16.3. The van der Waals surface area contributed by atoms with E-state index in [0.717, 1.165) is 17.3 Å². The minimum absolute atomic E-state index is 0.0432. The maximum absolute atomic E-state index is 9.75. The summed E-state index contributed by atoms with van der Waals surface area (Å²) >= 11 is 0. The molecular weight excluding hydrogens is 250 g/mol. The van der Waals surface area contributed by atoms with E-state index in [4.69, 9.17) is 0 Å². The Morgan fingerprint density at radius 3 is 2.55 bits per heavy atom. The summed E-state index contributed by atoms with van der Waals surface area (Å²) in [6, 6.07) is 9.44. The molecule has 0 radical (unpaired) electrons. The first-order chi connectivity index (χ1) is 9.65. The number of phenolic OH excluding ortho intramolecular Hbond substituents is 2. The first-order valence-corrected chi connectivity index (χ1v) is 7.32. The van der Waals surface area contributed by atoms with Crippen molar-refractivity contribution >= 4 is 10.8 Å². The normalized spacial score (nSPS) is 17.6. The standard InChI is InChI=1S/C17H21NO2/c1-12(11-18-7-2-3-8-18)14-6-4-5-13-9-16(19)17(20)10-15(13)14/h4-6,9-10,12,19-20H,2-3,7-8,11H2,1H3. The van der Waals surface area contributed by atoms with Gasteiger partial charge in [-0.3, -0.25) is 0 Å². The zero-order valence-electron chi connectivity index (χ0n) is 11.8. The van der Waals surface area contributed by atoms with Gasteiger partial charge in [-0.1, -0.05) is 25.1 Å². The van der Waals surface area contributed by atoms with Crippen LogP contribution in [0.1, 0.15) is 31.2 Å². The van der Waals surface area contributed by atoms with Crippen molar-refractivity contribution in [1.82, 2.24) is 4.90 Å². The number of aromatic hydroxyl groups is 2. The quantitative estimate of drug-likeness (QED) is 0.840. The number of hydrogen-bond acceptors (Lipinski definition) is 3. The number of benzene rings is 2. The molecule has 2 aromatic rings. The lowest BCUT2D eigenvalue weighted by atomic mass is 9.94. The lowest BCUT2D eigenvalue weighted by molar-refractivity contribution is 0.321. The molecule has 1 aliphatic rings. The molecule has 0 saturated carbocycles. The van der Waals surface area contributed by atoms with Gasteiger partial charge in [0.15, 0.2) is 11.5 Å². The molecule has 2 N–H and O–H groups in total. The van der Waals surface area contributed by atoms with Crippen LogP contribution in [-0.2, 0) is 0 Å². The zero-order valence-corrected chi connectivity index (χ0v) is 11.8. The van der Waals surface area contributed by atoms with Crippen LogP contribution in [0.2, 0.25) is 0 Å². The van der Waals surface area contributed by atoms with E-state index in [-0.39, 0.29) is 11.5 Å². The molecular formula is C17H21NO2. The van der Waals surface area contributed by atoms with Crippen molar-refractivity contribution in [2.24, 2.45) is 0 Å². The SMILES string of the molecule is CC(CN1CCCC1)c1cccc2cc(O)c(O)cc12. The van der Waals surface area contributed by atoms with Crippen LogP contribution in [-0.4, -0.2) is 34.7 Å². The Labute approximate surface area is 119 Å². The molecule has 2 aromatic carbocycles. The first-order valence-electron chi connectivity index (χ1n) is 7.32. The highest BCUT2D eigenvalue weighted by Crippen LogP contribution is 2.34. The van der Waals surface area contributed by atoms with Crippen molar-refractivity contribution in [3.8, 4) is 11.5 Å². The van der Waals surface area contributed by atoms with E-state index in [1.165, 1.54) is 31.5 Å². The molecule has 0 bridgehead atoms. The summed E-state index contributed by atoms with van der Waals surface area (Å²) in [5.74, 6) is 0.320. The summed E-state index contributed by atoms with van der Waals surface area (Å²) in [6.07, 6.45) is 2.60. The maximum Gasteiger partial charge on any atom is 0.158 e.